The molecule has 2 saturated heterocycles. The molecule has 2 aliphatic heterocycles. The Morgan fingerprint density at radius 2 is 1.89 bits per heavy atom. The van der Waals surface area contributed by atoms with Crippen LogP contribution in [0.5, 0.6) is 5.75 Å². The van der Waals surface area contributed by atoms with E-state index in [1.807, 2.05) is 4.90 Å². The van der Waals surface area contributed by atoms with Crippen LogP contribution in [0.25, 0.3) is 0 Å². The highest BCUT2D eigenvalue weighted by Gasteiger charge is 2.43. The highest BCUT2D eigenvalue weighted by Crippen LogP contribution is 2.39. The highest BCUT2D eigenvalue weighted by atomic mass is 35.5. The number of phenolic OH excluding ortho intramolecular Hbond substituents is 1. The number of rotatable bonds is 1. The molecule has 2 bridgehead atoms. The van der Waals surface area contributed by atoms with Crippen LogP contribution in [0.4, 0.5) is 0 Å². The summed E-state index contributed by atoms with van der Waals surface area (Å²) < 4.78 is 0. The number of alkyl halides is 1. The van der Waals surface area contributed by atoms with Crippen molar-refractivity contribution in [2.24, 2.45) is 0 Å². The molecule has 2 heterocycles. The fourth-order valence-corrected chi connectivity index (χ4v) is 3.84. The van der Waals surface area contributed by atoms with Crippen LogP contribution in [0, 0.1) is 0 Å². The van der Waals surface area contributed by atoms with Crippen molar-refractivity contribution in [3.8, 4) is 5.75 Å². The standard InChI is InChI=1S/C14H15Cl2NO2/c15-8-1-4-12(13(18)7-8)14(19)17-10-2-3-11(17)6-9(16)5-10/h1,4,7,9-11,18H,2-3,5-6H2. The van der Waals surface area contributed by atoms with Crippen LogP contribution in [0.3, 0.4) is 0 Å². The van der Waals surface area contributed by atoms with Crippen LogP contribution in [0.2, 0.25) is 5.02 Å². The zero-order valence-electron chi connectivity index (χ0n) is 10.4. The molecule has 102 valence electrons. The second kappa shape index (κ2) is 4.88. The van der Waals surface area contributed by atoms with Gasteiger partial charge in [-0.05, 0) is 43.9 Å². The largest absolute Gasteiger partial charge is 0.507 e. The lowest BCUT2D eigenvalue weighted by Crippen LogP contribution is -2.46. The summed E-state index contributed by atoms with van der Waals surface area (Å²) in [4.78, 5) is 14.5. The smallest absolute Gasteiger partial charge is 0.258 e. The quantitative estimate of drug-likeness (QED) is 0.807. The fourth-order valence-electron chi connectivity index (χ4n) is 3.27. The summed E-state index contributed by atoms with van der Waals surface area (Å²) in [5.41, 5.74) is 0.328. The van der Waals surface area contributed by atoms with Crippen LogP contribution in [-0.4, -0.2) is 33.4 Å². The van der Waals surface area contributed by atoms with Gasteiger partial charge >= 0.3 is 0 Å². The Hall–Kier alpha value is -0.930. The number of hydrogen-bond acceptors (Lipinski definition) is 2. The van der Waals surface area contributed by atoms with Gasteiger partial charge in [0, 0.05) is 22.5 Å². The molecule has 2 atom stereocenters. The summed E-state index contributed by atoms with van der Waals surface area (Å²) in [7, 11) is 0. The Kier molecular flexibility index (Phi) is 3.35. The number of nitrogens with zero attached hydrogens (tertiary/aromatic N) is 1. The molecular weight excluding hydrogens is 285 g/mol. The monoisotopic (exact) mass is 299 g/mol. The number of halogens is 2. The molecule has 2 unspecified atom stereocenters. The lowest BCUT2D eigenvalue weighted by molar-refractivity contribution is 0.0596. The summed E-state index contributed by atoms with van der Waals surface area (Å²) in [5.74, 6) is -0.157. The Morgan fingerprint density at radius 1 is 1.26 bits per heavy atom. The molecule has 0 saturated carbocycles. The van der Waals surface area contributed by atoms with Gasteiger partial charge in [0.05, 0.1) is 5.56 Å². The second-order valence-electron chi connectivity index (χ2n) is 5.33. The molecule has 2 fully saturated rings. The molecule has 0 aliphatic carbocycles. The summed E-state index contributed by atoms with van der Waals surface area (Å²) in [5, 5.41) is 10.5. The fraction of sp³-hybridized carbons (Fsp3) is 0.500. The maximum atomic E-state index is 12.6. The average molecular weight is 300 g/mol. The van der Waals surface area contributed by atoms with Crippen molar-refractivity contribution in [2.45, 2.75) is 43.1 Å². The average Bonchev–Trinajstić information content (AvgIpc) is 2.61. The molecule has 1 aromatic rings. The van der Waals surface area contributed by atoms with E-state index in [1.165, 1.54) is 6.07 Å². The van der Waals surface area contributed by atoms with Gasteiger partial charge in [0.15, 0.2) is 0 Å². The lowest BCUT2D eigenvalue weighted by Gasteiger charge is -2.37. The Balaban J connectivity index is 1.88. The van der Waals surface area contributed by atoms with Crippen LogP contribution in [-0.2, 0) is 0 Å². The molecule has 19 heavy (non-hydrogen) atoms. The molecule has 2 aliphatic rings. The van der Waals surface area contributed by atoms with Crippen molar-refractivity contribution in [3.05, 3.63) is 28.8 Å². The summed E-state index contributed by atoms with van der Waals surface area (Å²) in [6.45, 7) is 0. The zero-order valence-corrected chi connectivity index (χ0v) is 11.9. The molecule has 0 radical (unpaired) electrons. The molecule has 1 amide bonds. The topological polar surface area (TPSA) is 40.5 Å². The highest BCUT2D eigenvalue weighted by molar-refractivity contribution is 6.30. The molecule has 1 aromatic carbocycles. The van der Waals surface area contributed by atoms with E-state index in [0.29, 0.717) is 10.6 Å². The van der Waals surface area contributed by atoms with Crippen LogP contribution in [0.1, 0.15) is 36.0 Å². The third-order valence-electron chi connectivity index (χ3n) is 4.10. The van der Waals surface area contributed by atoms with Crippen molar-refractivity contribution in [1.82, 2.24) is 4.90 Å². The van der Waals surface area contributed by atoms with Crippen molar-refractivity contribution in [3.63, 3.8) is 0 Å². The SMILES string of the molecule is O=C(c1ccc(Cl)cc1O)N1C2CCC1CC(Cl)C2. The zero-order chi connectivity index (χ0) is 13.6. The minimum atomic E-state index is -0.106. The van der Waals surface area contributed by atoms with Crippen molar-refractivity contribution < 1.29 is 9.90 Å². The third kappa shape index (κ3) is 2.30. The van der Waals surface area contributed by atoms with E-state index in [9.17, 15) is 9.90 Å². The summed E-state index contributed by atoms with van der Waals surface area (Å²) >= 11 is 12.0. The molecule has 3 nitrogen and oxygen atoms in total. The predicted octanol–water partition coefficient (Wildman–Crippen LogP) is 3.42. The van der Waals surface area contributed by atoms with Gasteiger partial charge in [-0.25, -0.2) is 0 Å². The van der Waals surface area contributed by atoms with Crippen molar-refractivity contribution in [2.75, 3.05) is 0 Å². The molecule has 1 N–H and O–H groups in total. The van der Waals surface area contributed by atoms with E-state index in [-0.39, 0.29) is 29.1 Å². The number of carbonyl (C=O) groups is 1. The van der Waals surface area contributed by atoms with E-state index < -0.39 is 0 Å². The summed E-state index contributed by atoms with van der Waals surface area (Å²) in [6, 6.07) is 5.05. The van der Waals surface area contributed by atoms with Gasteiger partial charge in [-0.3, -0.25) is 4.79 Å². The van der Waals surface area contributed by atoms with Gasteiger partial charge in [-0.15, -0.1) is 11.6 Å². The third-order valence-corrected chi connectivity index (χ3v) is 4.69. The van der Waals surface area contributed by atoms with E-state index in [0.717, 1.165) is 25.7 Å². The number of phenols is 1. The Labute approximate surface area is 122 Å². The van der Waals surface area contributed by atoms with Crippen LogP contribution < -0.4 is 0 Å². The maximum Gasteiger partial charge on any atom is 0.258 e. The minimum absolute atomic E-state index is 0.0510. The minimum Gasteiger partial charge on any atom is -0.507 e. The van der Waals surface area contributed by atoms with Gasteiger partial charge in [-0.1, -0.05) is 11.6 Å². The lowest BCUT2D eigenvalue weighted by atomic mass is 10.0. The van der Waals surface area contributed by atoms with Gasteiger partial charge in [0.25, 0.3) is 5.91 Å². The van der Waals surface area contributed by atoms with Crippen LogP contribution in [0.15, 0.2) is 18.2 Å². The van der Waals surface area contributed by atoms with Gasteiger partial charge in [0.2, 0.25) is 0 Å². The predicted molar refractivity (Wildman–Crippen MR) is 75.0 cm³/mol. The number of carbonyl (C=O) groups excluding carboxylic acids is 1. The van der Waals surface area contributed by atoms with Crippen LogP contribution >= 0.6 is 23.2 Å². The number of piperidine rings is 1. The van der Waals surface area contributed by atoms with Gasteiger partial charge in [0.1, 0.15) is 5.75 Å². The second-order valence-corrected chi connectivity index (χ2v) is 6.38. The van der Waals surface area contributed by atoms with Crippen molar-refractivity contribution >= 4 is 29.1 Å². The summed E-state index contributed by atoms with van der Waals surface area (Å²) in [6.07, 6.45) is 3.71. The molecule has 0 aromatic heterocycles. The first-order chi connectivity index (χ1) is 9.06. The maximum absolute atomic E-state index is 12.6. The first kappa shape index (κ1) is 13.1. The number of hydrogen-bond donors (Lipinski definition) is 1. The van der Waals surface area contributed by atoms with Gasteiger partial charge in [-0.2, -0.15) is 0 Å². The number of fused-ring (bicyclic) bond motifs is 2. The normalized spacial score (nSPS) is 29.6. The van der Waals surface area contributed by atoms with E-state index in [1.54, 1.807) is 12.1 Å². The Bertz CT molecular complexity index is 506. The first-order valence-corrected chi connectivity index (χ1v) is 7.33. The van der Waals surface area contributed by atoms with Crippen molar-refractivity contribution in [1.29, 1.82) is 0 Å². The van der Waals surface area contributed by atoms with E-state index >= 15 is 0 Å². The molecular formula is C14H15Cl2NO2. The Morgan fingerprint density at radius 3 is 2.47 bits per heavy atom. The van der Waals surface area contributed by atoms with E-state index in [4.69, 9.17) is 23.2 Å². The number of benzene rings is 1. The molecule has 0 spiro atoms. The molecule has 5 heteroatoms. The first-order valence-electron chi connectivity index (χ1n) is 6.51. The van der Waals surface area contributed by atoms with E-state index in [2.05, 4.69) is 0 Å². The molecule has 3 rings (SSSR count). The number of aromatic hydroxyl groups is 1. The van der Waals surface area contributed by atoms with Gasteiger partial charge < -0.3 is 10.0 Å². The number of amides is 1.